The average molecular weight is 252 g/mol. The quantitative estimate of drug-likeness (QED) is 0.739. The van der Waals surface area contributed by atoms with E-state index in [9.17, 15) is 0 Å². The lowest BCUT2D eigenvalue weighted by Gasteiger charge is -1.97. The van der Waals surface area contributed by atoms with E-state index in [4.69, 9.17) is 11.6 Å². The number of aromatic nitrogens is 1. The largest absolute Gasteiger partial charge is 0.241 e. The Kier molecular flexibility index (Phi) is 3.97. The summed E-state index contributed by atoms with van der Waals surface area (Å²) in [6.45, 7) is 2.09. The van der Waals surface area contributed by atoms with E-state index in [0.717, 1.165) is 18.5 Å². The van der Waals surface area contributed by atoms with E-state index >= 15 is 0 Å². The van der Waals surface area contributed by atoms with E-state index in [1.54, 1.807) is 11.3 Å². The molecule has 1 nitrogen and oxygen atoms in total. The topological polar surface area (TPSA) is 12.9 Å². The third-order valence-electron chi connectivity index (χ3n) is 2.42. The van der Waals surface area contributed by atoms with Crippen molar-refractivity contribution in [3.05, 3.63) is 40.2 Å². The van der Waals surface area contributed by atoms with Crippen LogP contribution in [0.2, 0.25) is 0 Å². The number of hydrogen-bond donors (Lipinski definition) is 0. The zero-order valence-electron chi connectivity index (χ0n) is 9.24. The smallest absolute Gasteiger partial charge is 0.0933 e. The van der Waals surface area contributed by atoms with Crippen LogP contribution in [0.5, 0.6) is 0 Å². The van der Waals surface area contributed by atoms with Crippen molar-refractivity contribution in [3.63, 3.8) is 0 Å². The molecule has 0 bridgehead atoms. The van der Waals surface area contributed by atoms with Crippen LogP contribution in [0, 0.1) is 6.92 Å². The maximum atomic E-state index is 5.67. The monoisotopic (exact) mass is 251 g/mol. The fourth-order valence-electron chi connectivity index (χ4n) is 1.50. The van der Waals surface area contributed by atoms with Crippen molar-refractivity contribution in [1.82, 2.24) is 4.98 Å². The van der Waals surface area contributed by atoms with Crippen LogP contribution in [-0.2, 0) is 6.42 Å². The minimum atomic E-state index is 0.708. The van der Waals surface area contributed by atoms with Gasteiger partial charge < -0.3 is 0 Å². The predicted molar refractivity (Wildman–Crippen MR) is 71.3 cm³/mol. The van der Waals surface area contributed by atoms with Crippen LogP contribution in [0.1, 0.15) is 17.0 Å². The van der Waals surface area contributed by atoms with Crippen molar-refractivity contribution in [2.45, 2.75) is 19.8 Å². The first-order valence-electron chi connectivity index (χ1n) is 5.37. The standard InChI is InChI=1S/C13H14ClNS/c1-10-4-6-11(7-5-10)12-9-16-13(15-12)3-2-8-14/h4-7,9H,2-3,8H2,1H3. The fourth-order valence-corrected chi connectivity index (χ4v) is 2.48. The summed E-state index contributed by atoms with van der Waals surface area (Å²) in [5, 5.41) is 3.30. The summed E-state index contributed by atoms with van der Waals surface area (Å²) in [6, 6.07) is 8.48. The Morgan fingerprint density at radius 1 is 1.25 bits per heavy atom. The van der Waals surface area contributed by atoms with E-state index in [-0.39, 0.29) is 0 Å². The molecule has 0 spiro atoms. The summed E-state index contributed by atoms with van der Waals surface area (Å²) >= 11 is 7.39. The third-order valence-corrected chi connectivity index (χ3v) is 3.60. The van der Waals surface area contributed by atoms with Crippen molar-refractivity contribution in [2.75, 3.05) is 5.88 Å². The predicted octanol–water partition coefficient (Wildman–Crippen LogP) is 4.29. The summed E-state index contributed by atoms with van der Waals surface area (Å²) in [6.07, 6.45) is 1.99. The van der Waals surface area contributed by atoms with E-state index in [0.29, 0.717) is 5.88 Å². The number of halogens is 1. The van der Waals surface area contributed by atoms with Gasteiger partial charge in [0.05, 0.1) is 10.7 Å². The molecular formula is C13H14ClNS. The Hall–Kier alpha value is -0.860. The molecule has 0 aliphatic heterocycles. The van der Waals surface area contributed by atoms with E-state index in [1.807, 2.05) is 0 Å². The average Bonchev–Trinajstić information content (AvgIpc) is 2.76. The van der Waals surface area contributed by atoms with Crippen LogP contribution < -0.4 is 0 Å². The lowest BCUT2D eigenvalue weighted by Crippen LogP contribution is -1.85. The molecule has 84 valence electrons. The highest BCUT2D eigenvalue weighted by Crippen LogP contribution is 2.22. The van der Waals surface area contributed by atoms with Crippen molar-refractivity contribution < 1.29 is 0 Å². The van der Waals surface area contributed by atoms with Crippen molar-refractivity contribution >= 4 is 22.9 Å². The summed E-state index contributed by atoms with van der Waals surface area (Å²) in [4.78, 5) is 4.61. The van der Waals surface area contributed by atoms with Gasteiger partial charge in [-0.05, 0) is 13.3 Å². The van der Waals surface area contributed by atoms with Crippen molar-refractivity contribution in [3.8, 4) is 11.3 Å². The molecule has 1 heterocycles. The number of hydrogen-bond acceptors (Lipinski definition) is 2. The number of alkyl halides is 1. The number of rotatable bonds is 4. The first-order chi connectivity index (χ1) is 7.79. The molecule has 0 fully saturated rings. The summed E-state index contributed by atoms with van der Waals surface area (Å²) in [7, 11) is 0. The molecule has 0 unspecified atom stereocenters. The molecule has 2 rings (SSSR count). The van der Waals surface area contributed by atoms with Crippen LogP contribution in [0.15, 0.2) is 29.6 Å². The van der Waals surface area contributed by atoms with Gasteiger partial charge in [0.25, 0.3) is 0 Å². The molecule has 16 heavy (non-hydrogen) atoms. The molecule has 1 aromatic heterocycles. The normalized spacial score (nSPS) is 10.6. The fraction of sp³-hybridized carbons (Fsp3) is 0.308. The second-order valence-corrected chi connectivity index (χ2v) is 5.11. The lowest BCUT2D eigenvalue weighted by atomic mass is 10.1. The molecule has 0 radical (unpaired) electrons. The van der Waals surface area contributed by atoms with Crippen molar-refractivity contribution in [1.29, 1.82) is 0 Å². The molecule has 3 heteroatoms. The SMILES string of the molecule is Cc1ccc(-c2csc(CCCCl)n2)cc1. The van der Waals surface area contributed by atoms with Gasteiger partial charge in [-0.15, -0.1) is 22.9 Å². The van der Waals surface area contributed by atoms with Gasteiger partial charge in [-0.3, -0.25) is 0 Å². The van der Waals surface area contributed by atoms with Gasteiger partial charge in [0, 0.05) is 23.2 Å². The summed E-state index contributed by atoms with van der Waals surface area (Å²) in [5.41, 5.74) is 3.55. The zero-order valence-corrected chi connectivity index (χ0v) is 10.8. The van der Waals surface area contributed by atoms with Crippen LogP contribution in [0.4, 0.5) is 0 Å². The van der Waals surface area contributed by atoms with Crippen molar-refractivity contribution in [2.24, 2.45) is 0 Å². The molecule has 2 aromatic rings. The molecule has 0 amide bonds. The maximum absolute atomic E-state index is 5.67. The second-order valence-electron chi connectivity index (χ2n) is 3.79. The summed E-state index contributed by atoms with van der Waals surface area (Å²) < 4.78 is 0. The molecule has 0 N–H and O–H groups in total. The second kappa shape index (κ2) is 5.46. The summed E-state index contributed by atoms with van der Waals surface area (Å²) in [5.74, 6) is 0.708. The molecule has 0 saturated heterocycles. The van der Waals surface area contributed by atoms with Crippen LogP contribution in [0.25, 0.3) is 11.3 Å². The van der Waals surface area contributed by atoms with Gasteiger partial charge in [-0.1, -0.05) is 29.8 Å². The first-order valence-corrected chi connectivity index (χ1v) is 6.78. The molecule has 1 aromatic carbocycles. The van der Waals surface area contributed by atoms with Gasteiger partial charge in [0.1, 0.15) is 0 Å². The third kappa shape index (κ3) is 2.83. The highest BCUT2D eigenvalue weighted by molar-refractivity contribution is 7.09. The number of thiazole rings is 1. The van der Waals surface area contributed by atoms with Gasteiger partial charge in [0.2, 0.25) is 0 Å². The molecule has 0 saturated carbocycles. The van der Waals surface area contributed by atoms with E-state index < -0.39 is 0 Å². The Labute approximate surface area is 105 Å². The maximum Gasteiger partial charge on any atom is 0.0933 e. The van der Waals surface area contributed by atoms with Gasteiger partial charge in [-0.25, -0.2) is 4.98 Å². The highest BCUT2D eigenvalue weighted by Gasteiger charge is 2.03. The van der Waals surface area contributed by atoms with Crippen LogP contribution in [0.3, 0.4) is 0 Å². The molecule has 0 aliphatic rings. The van der Waals surface area contributed by atoms with Gasteiger partial charge >= 0.3 is 0 Å². The Bertz CT molecular complexity index is 447. The zero-order chi connectivity index (χ0) is 11.4. The number of benzene rings is 1. The van der Waals surface area contributed by atoms with Crippen LogP contribution >= 0.6 is 22.9 Å². The van der Waals surface area contributed by atoms with Gasteiger partial charge in [0.15, 0.2) is 0 Å². The Morgan fingerprint density at radius 3 is 2.69 bits per heavy atom. The van der Waals surface area contributed by atoms with E-state index in [1.165, 1.54) is 16.1 Å². The number of aryl methyl sites for hydroxylation is 2. The minimum absolute atomic E-state index is 0.708. The molecular weight excluding hydrogens is 238 g/mol. The number of nitrogens with zero attached hydrogens (tertiary/aromatic N) is 1. The van der Waals surface area contributed by atoms with Gasteiger partial charge in [-0.2, -0.15) is 0 Å². The van der Waals surface area contributed by atoms with Crippen LogP contribution in [-0.4, -0.2) is 10.9 Å². The lowest BCUT2D eigenvalue weighted by molar-refractivity contribution is 0.916. The first kappa shape index (κ1) is 11.6. The molecule has 0 atom stereocenters. The Balaban J connectivity index is 2.15. The molecule has 0 aliphatic carbocycles. The Morgan fingerprint density at radius 2 is 2.00 bits per heavy atom. The minimum Gasteiger partial charge on any atom is -0.241 e. The highest BCUT2D eigenvalue weighted by atomic mass is 35.5. The van der Waals surface area contributed by atoms with E-state index in [2.05, 4.69) is 41.6 Å².